The molecule has 1 atom stereocenters. The molecule has 0 aliphatic rings. The number of nitrogens with one attached hydrogen (secondary N) is 1. The molecule has 0 aliphatic heterocycles. The monoisotopic (exact) mass is 187 g/mol. The number of nitrogens with zero attached hydrogens (tertiary/aromatic N) is 1. The van der Waals surface area contributed by atoms with Gasteiger partial charge in [-0.25, -0.2) is 0 Å². The molecule has 0 unspecified atom stereocenters. The maximum absolute atomic E-state index is 11.3. The molecule has 1 amide bonds. The molecule has 0 aromatic heterocycles. The molecule has 0 bridgehead atoms. The maximum atomic E-state index is 11.3. The van der Waals surface area contributed by atoms with E-state index in [2.05, 4.69) is 5.32 Å². The van der Waals surface area contributed by atoms with E-state index in [9.17, 15) is 4.79 Å². The van der Waals surface area contributed by atoms with Crippen molar-refractivity contribution in [3.8, 4) is 0 Å². The molecule has 78 valence electrons. The van der Waals surface area contributed by atoms with Gasteiger partial charge in [0.05, 0.1) is 6.04 Å². The number of rotatable bonds is 6. The van der Waals surface area contributed by atoms with E-state index < -0.39 is 0 Å². The molecule has 0 heterocycles. The largest absolute Gasteiger partial charge is 0.353 e. The van der Waals surface area contributed by atoms with Gasteiger partial charge in [0.2, 0.25) is 5.91 Å². The Bertz CT molecular complexity index is 148. The number of carbonyl (C=O) groups excluding carboxylic acids is 1. The molecule has 13 heavy (non-hydrogen) atoms. The lowest BCUT2D eigenvalue weighted by Gasteiger charge is -2.13. The zero-order valence-electron chi connectivity index (χ0n) is 8.84. The van der Waals surface area contributed by atoms with Crippen LogP contribution < -0.4 is 11.1 Å². The van der Waals surface area contributed by atoms with Crippen LogP contribution in [0.3, 0.4) is 0 Å². The van der Waals surface area contributed by atoms with Gasteiger partial charge in [-0.15, -0.1) is 0 Å². The Kier molecular flexibility index (Phi) is 6.54. The number of hydrogen-bond donors (Lipinski definition) is 2. The van der Waals surface area contributed by atoms with E-state index in [0.29, 0.717) is 6.54 Å². The first-order chi connectivity index (χ1) is 6.07. The molecular formula is C9H21N3O. The van der Waals surface area contributed by atoms with Gasteiger partial charge in [0.25, 0.3) is 0 Å². The van der Waals surface area contributed by atoms with Crippen LogP contribution in [0.15, 0.2) is 0 Å². The summed E-state index contributed by atoms with van der Waals surface area (Å²) in [5, 5.41) is 2.79. The van der Waals surface area contributed by atoms with Gasteiger partial charge < -0.3 is 16.0 Å². The first-order valence-corrected chi connectivity index (χ1v) is 4.76. The highest BCUT2D eigenvalue weighted by atomic mass is 16.2. The van der Waals surface area contributed by atoms with Crippen LogP contribution in [-0.4, -0.2) is 44.0 Å². The van der Waals surface area contributed by atoms with Crippen LogP contribution >= 0.6 is 0 Å². The first kappa shape index (κ1) is 12.4. The highest BCUT2D eigenvalue weighted by Gasteiger charge is 2.10. The minimum atomic E-state index is -0.341. The number of hydrogen-bond acceptors (Lipinski definition) is 3. The van der Waals surface area contributed by atoms with Crippen LogP contribution in [0, 0.1) is 0 Å². The Morgan fingerprint density at radius 3 is 2.62 bits per heavy atom. The minimum absolute atomic E-state index is 0.0382. The average Bonchev–Trinajstić information content (AvgIpc) is 2.04. The van der Waals surface area contributed by atoms with Crippen LogP contribution in [-0.2, 0) is 4.79 Å². The van der Waals surface area contributed by atoms with Crippen molar-refractivity contribution in [2.45, 2.75) is 25.8 Å². The van der Waals surface area contributed by atoms with Gasteiger partial charge in [-0.1, -0.05) is 13.3 Å². The van der Waals surface area contributed by atoms with Crippen molar-refractivity contribution in [1.82, 2.24) is 10.2 Å². The molecule has 0 rings (SSSR count). The van der Waals surface area contributed by atoms with Crippen molar-refractivity contribution >= 4 is 5.91 Å². The lowest BCUT2D eigenvalue weighted by Crippen LogP contribution is -2.42. The molecule has 0 aromatic carbocycles. The second-order valence-electron chi connectivity index (χ2n) is 3.49. The summed E-state index contributed by atoms with van der Waals surface area (Å²) >= 11 is 0. The predicted molar refractivity (Wildman–Crippen MR) is 54.4 cm³/mol. The fourth-order valence-electron chi connectivity index (χ4n) is 0.976. The summed E-state index contributed by atoms with van der Waals surface area (Å²) < 4.78 is 0. The van der Waals surface area contributed by atoms with Crippen LogP contribution in [0.2, 0.25) is 0 Å². The number of carbonyl (C=O) groups is 1. The van der Waals surface area contributed by atoms with E-state index in [1.54, 1.807) is 0 Å². The van der Waals surface area contributed by atoms with E-state index in [4.69, 9.17) is 5.73 Å². The summed E-state index contributed by atoms with van der Waals surface area (Å²) in [7, 11) is 3.94. The zero-order chi connectivity index (χ0) is 10.3. The third-order valence-electron chi connectivity index (χ3n) is 1.79. The molecule has 0 saturated carbocycles. The normalized spacial score (nSPS) is 13.0. The molecule has 4 nitrogen and oxygen atoms in total. The SMILES string of the molecule is CCC[C@H](N)C(=O)NCCN(C)C. The Balaban J connectivity index is 3.50. The van der Waals surface area contributed by atoms with Gasteiger partial charge in [-0.2, -0.15) is 0 Å². The Hall–Kier alpha value is -0.610. The summed E-state index contributed by atoms with van der Waals surface area (Å²) in [6.07, 6.45) is 1.70. The highest BCUT2D eigenvalue weighted by molar-refractivity contribution is 5.81. The van der Waals surface area contributed by atoms with Gasteiger partial charge in [-0.3, -0.25) is 4.79 Å². The summed E-state index contributed by atoms with van der Waals surface area (Å²) in [6, 6.07) is -0.341. The summed E-state index contributed by atoms with van der Waals surface area (Å²) in [6.45, 7) is 3.54. The van der Waals surface area contributed by atoms with Gasteiger partial charge in [0, 0.05) is 13.1 Å². The van der Waals surface area contributed by atoms with Gasteiger partial charge in [0.1, 0.15) is 0 Å². The summed E-state index contributed by atoms with van der Waals surface area (Å²) in [5.74, 6) is -0.0382. The molecule has 0 aromatic rings. The van der Waals surface area contributed by atoms with E-state index in [-0.39, 0.29) is 11.9 Å². The second-order valence-corrected chi connectivity index (χ2v) is 3.49. The van der Waals surface area contributed by atoms with Crippen molar-refractivity contribution < 1.29 is 4.79 Å². The Morgan fingerprint density at radius 1 is 1.54 bits per heavy atom. The minimum Gasteiger partial charge on any atom is -0.353 e. The molecule has 0 saturated heterocycles. The molecule has 3 N–H and O–H groups in total. The maximum Gasteiger partial charge on any atom is 0.236 e. The second kappa shape index (κ2) is 6.86. The van der Waals surface area contributed by atoms with Crippen molar-refractivity contribution in [3.63, 3.8) is 0 Å². The van der Waals surface area contributed by atoms with Crippen molar-refractivity contribution in [1.29, 1.82) is 0 Å². The Labute approximate surface area is 80.5 Å². The van der Waals surface area contributed by atoms with Crippen LogP contribution in [0.1, 0.15) is 19.8 Å². The number of nitrogens with two attached hydrogens (primary N) is 1. The molecule has 0 radical (unpaired) electrons. The van der Waals surface area contributed by atoms with Gasteiger partial charge in [0.15, 0.2) is 0 Å². The van der Waals surface area contributed by atoms with Gasteiger partial charge in [-0.05, 0) is 20.5 Å². The van der Waals surface area contributed by atoms with E-state index in [1.807, 2.05) is 25.9 Å². The quantitative estimate of drug-likeness (QED) is 0.605. The van der Waals surface area contributed by atoms with E-state index in [0.717, 1.165) is 19.4 Å². The summed E-state index contributed by atoms with van der Waals surface area (Å²) in [5.41, 5.74) is 5.62. The molecule has 0 fully saturated rings. The predicted octanol–water partition coefficient (Wildman–Crippen LogP) is -0.208. The van der Waals surface area contributed by atoms with E-state index >= 15 is 0 Å². The Morgan fingerprint density at radius 2 is 2.15 bits per heavy atom. The van der Waals surface area contributed by atoms with Gasteiger partial charge >= 0.3 is 0 Å². The summed E-state index contributed by atoms with van der Waals surface area (Å²) in [4.78, 5) is 13.3. The van der Waals surface area contributed by atoms with Crippen LogP contribution in [0.25, 0.3) is 0 Å². The third kappa shape index (κ3) is 6.54. The fourth-order valence-corrected chi connectivity index (χ4v) is 0.976. The topological polar surface area (TPSA) is 58.4 Å². The number of amides is 1. The molecular weight excluding hydrogens is 166 g/mol. The van der Waals surface area contributed by atoms with Crippen LogP contribution in [0.5, 0.6) is 0 Å². The zero-order valence-corrected chi connectivity index (χ0v) is 8.84. The van der Waals surface area contributed by atoms with Crippen molar-refractivity contribution in [2.75, 3.05) is 27.2 Å². The van der Waals surface area contributed by atoms with Crippen molar-refractivity contribution in [2.24, 2.45) is 5.73 Å². The smallest absolute Gasteiger partial charge is 0.236 e. The molecule has 0 spiro atoms. The van der Waals surface area contributed by atoms with Crippen LogP contribution in [0.4, 0.5) is 0 Å². The van der Waals surface area contributed by atoms with Crippen molar-refractivity contribution in [3.05, 3.63) is 0 Å². The molecule has 0 aliphatic carbocycles. The lowest BCUT2D eigenvalue weighted by atomic mass is 10.2. The van der Waals surface area contributed by atoms with E-state index in [1.165, 1.54) is 0 Å². The highest BCUT2D eigenvalue weighted by Crippen LogP contribution is 1.92. The third-order valence-corrected chi connectivity index (χ3v) is 1.79. The standard InChI is InChI=1S/C9H21N3O/c1-4-5-8(10)9(13)11-6-7-12(2)3/h8H,4-7,10H2,1-3H3,(H,11,13)/t8-/m0/s1. The average molecular weight is 187 g/mol. The molecule has 4 heteroatoms. The first-order valence-electron chi connectivity index (χ1n) is 4.76. The fraction of sp³-hybridized carbons (Fsp3) is 0.889. The lowest BCUT2D eigenvalue weighted by molar-refractivity contribution is -0.122. The number of likely N-dealkylation sites (N-methyl/N-ethyl adjacent to an activating group) is 1.